The zero-order chi connectivity index (χ0) is 22.6. The van der Waals surface area contributed by atoms with E-state index in [0.717, 1.165) is 11.5 Å². The Morgan fingerprint density at radius 2 is 0.667 bits per heavy atom. The Hall–Kier alpha value is 3.30. The molecule has 5 nitrogen and oxygen atoms in total. The molecule has 2 aliphatic heterocycles. The molecule has 0 aromatic carbocycles. The number of aliphatic hydroxyl groups excluding tert-OH is 5. The van der Waals surface area contributed by atoms with Gasteiger partial charge in [0.1, 0.15) is 0 Å². The van der Waals surface area contributed by atoms with E-state index in [0.29, 0.717) is 46.0 Å². The summed E-state index contributed by atoms with van der Waals surface area (Å²) >= 11 is 7.59. The van der Waals surface area contributed by atoms with Gasteiger partial charge in [0.15, 0.2) is 0 Å². The highest BCUT2D eigenvalue weighted by Crippen LogP contribution is 2.31. The molecule has 0 aromatic heterocycles. The van der Waals surface area contributed by atoms with Crippen LogP contribution in [0.1, 0.15) is 0 Å². The molecule has 0 saturated carbocycles. The molecule has 2 saturated heterocycles. The van der Waals surface area contributed by atoms with E-state index in [2.05, 4.69) is 25.3 Å². The quantitative estimate of drug-likeness (QED) is 0.184. The maximum absolute atomic E-state index is 9.70. The zero-order valence-electron chi connectivity index (χ0n) is 16.4. The summed E-state index contributed by atoms with van der Waals surface area (Å²) in [6.45, 7) is 0. The second-order valence-electron chi connectivity index (χ2n) is 5.91. The molecule has 2 fully saturated rings. The Bertz CT molecular complexity index is 315. The lowest BCUT2D eigenvalue weighted by atomic mass is 10.5. The lowest BCUT2D eigenvalue weighted by Gasteiger charge is -2.10. The fourth-order valence-corrected chi connectivity index (χ4v) is 11.4. The molecule has 0 amide bonds. The molecule has 182 valence electrons. The number of aliphatic hydroxyl groups is 5. The molecule has 0 aliphatic carbocycles. The van der Waals surface area contributed by atoms with Crippen molar-refractivity contribution < 1.29 is 25.5 Å². The maximum atomic E-state index is 9.70. The molecule has 2 aliphatic rings. The van der Waals surface area contributed by atoms with E-state index in [1.54, 1.807) is 86.4 Å². The Labute approximate surface area is 223 Å². The minimum Gasteiger partial charge on any atom is -0.391 e. The summed E-state index contributed by atoms with van der Waals surface area (Å²) in [4.78, 5) is 0. The smallest absolute Gasteiger partial charge is 0.0737 e. The first-order valence-corrected chi connectivity index (χ1v) is 20.2. The first-order chi connectivity index (χ1) is 14.4. The van der Waals surface area contributed by atoms with Crippen LogP contribution in [0, 0.1) is 0 Å². The summed E-state index contributed by atoms with van der Waals surface area (Å²) in [5.41, 5.74) is 0. The predicted octanol–water partition coefficient (Wildman–Crippen LogP) is 3.18. The van der Waals surface area contributed by atoms with Crippen LogP contribution in [0.5, 0.6) is 0 Å². The van der Waals surface area contributed by atoms with Gasteiger partial charge in [-0.05, 0) is 0 Å². The third-order valence-electron chi connectivity index (χ3n) is 2.84. The summed E-state index contributed by atoms with van der Waals surface area (Å²) in [7, 11) is 13.2. The van der Waals surface area contributed by atoms with Gasteiger partial charge in [-0.15, -0.1) is 0 Å². The van der Waals surface area contributed by atoms with E-state index in [1.165, 1.54) is 0 Å². The van der Waals surface area contributed by atoms with Gasteiger partial charge >= 0.3 is 0 Å². The Morgan fingerprint density at radius 3 is 0.767 bits per heavy atom. The highest BCUT2D eigenvalue weighted by molar-refractivity contribution is 8.78. The van der Waals surface area contributed by atoms with Gasteiger partial charge in [0.2, 0.25) is 0 Å². The van der Waals surface area contributed by atoms with Gasteiger partial charge in [-0.2, -0.15) is 25.3 Å². The summed E-state index contributed by atoms with van der Waals surface area (Å²) in [5.74, 6) is 6.99. The molecule has 2 rings (SSSR count). The maximum Gasteiger partial charge on any atom is 0.0737 e. The first kappa shape index (κ1) is 33.3. The third-order valence-corrected chi connectivity index (χ3v) is 13.8. The van der Waals surface area contributed by atoms with Crippen LogP contribution in [-0.4, -0.2) is 114 Å². The van der Waals surface area contributed by atoms with Crippen LogP contribution < -0.4 is 0 Å². The fraction of sp³-hybridized carbons (Fsp3) is 1.00. The van der Waals surface area contributed by atoms with E-state index in [1.807, 2.05) is 0 Å². The van der Waals surface area contributed by atoms with Crippen molar-refractivity contribution in [2.24, 2.45) is 0 Å². The van der Waals surface area contributed by atoms with Crippen molar-refractivity contribution in [3.05, 3.63) is 0 Å². The van der Waals surface area contributed by atoms with Gasteiger partial charge in [-0.25, -0.2) is 0 Å². The molecule has 30 heavy (non-hydrogen) atoms. The Kier molecular flexibility index (Phi) is 26.7. The van der Waals surface area contributed by atoms with Gasteiger partial charge in [0.25, 0.3) is 0 Å². The van der Waals surface area contributed by atoms with Crippen LogP contribution in [0.2, 0.25) is 0 Å². The summed E-state index contributed by atoms with van der Waals surface area (Å²) < 4.78 is 0. The van der Waals surface area contributed by atoms with Gasteiger partial charge in [0.05, 0.1) is 30.5 Å². The van der Waals surface area contributed by atoms with Gasteiger partial charge in [-0.1, -0.05) is 86.4 Å². The summed E-state index contributed by atoms with van der Waals surface area (Å²) in [6, 6.07) is 0. The van der Waals surface area contributed by atoms with Gasteiger partial charge in [0, 0.05) is 57.5 Å². The van der Waals surface area contributed by atoms with Crippen molar-refractivity contribution in [2.45, 2.75) is 30.5 Å². The molecular formula is C15H32O5S10. The highest BCUT2D eigenvalue weighted by Gasteiger charge is 2.12. The molecule has 5 N–H and O–H groups in total. The molecule has 0 bridgehead atoms. The van der Waals surface area contributed by atoms with Crippen LogP contribution in [-0.2, 0) is 0 Å². The molecule has 15 heteroatoms. The minimum atomic E-state index is -0.336. The molecule has 0 aromatic rings. The van der Waals surface area contributed by atoms with Crippen LogP contribution in [0.25, 0.3) is 0 Å². The average Bonchev–Trinajstić information content (AvgIpc) is 3.22. The van der Waals surface area contributed by atoms with E-state index >= 15 is 0 Å². The first-order valence-electron chi connectivity index (χ1n) is 8.98. The minimum absolute atomic E-state index is 0.0278. The number of thiol groups is 2. The lowest BCUT2D eigenvalue weighted by molar-refractivity contribution is 0.224. The van der Waals surface area contributed by atoms with Crippen LogP contribution in [0.15, 0.2) is 0 Å². The number of rotatable bonds is 2. The van der Waals surface area contributed by atoms with Crippen LogP contribution >= 0.6 is 112 Å². The standard InChI is InChI=1S/C9H18O3S6.C3H6OS2.C3H8OS2/c10-7-1-13-14-3-8(11)4-17-18-6-9(12)5-16-15-2-7;4-3-1-5-6-2-3;4-3(1-5)2-6/h7-12H,1-6H2;3-4H,1-2H2;3-6H,1-2H2. The second-order valence-corrected chi connectivity index (χ2v) is 16.8. The van der Waals surface area contributed by atoms with Gasteiger partial charge in [-0.3, -0.25) is 0 Å². The Morgan fingerprint density at radius 1 is 0.500 bits per heavy atom. The molecule has 0 spiro atoms. The second kappa shape index (κ2) is 24.0. The monoisotopic (exact) mass is 612 g/mol. The molecular weight excluding hydrogens is 581 g/mol. The van der Waals surface area contributed by atoms with Crippen molar-refractivity contribution in [2.75, 3.05) is 57.5 Å². The van der Waals surface area contributed by atoms with Crippen molar-refractivity contribution in [1.29, 1.82) is 0 Å². The predicted molar refractivity (Wildman–Crippen MR) is 157 cm³/mol. The number of hydrogen-bond donors (Lipinski definition) is 7. The lowest BCUT2D eigenvalue weighted by Crippen LogP contribution is -2.14. The molecule has 2 heterocycles. The Balaban J connectivity index is 0.000000568. The molecule has 0 unspecified atom stereocenters. The SMILES string of the molecule is OC(CS)CS.OC1CSSC1.OC1CSSCC(O)CSSCC(O)CSSC1. The average molecular weight is 613 g/mol. The topological polar surface area (TPSA) is 101 Å². The van der Waals surface area contributed by atoms with E-state index in [4.69, 9.17) is 10.2 Å². The van der Waals surface area contributed by atoms with E-state index in [9.17, 15) is 15.3 Å². The fourth-order valence-electron chi connectivity index (χ4n) is 1.26. The summed E-state index contributed by atoms with van der Waals surface area (Å²) in [6.07, 6.45) is -1.31. The molecule has 0 atom stereocenters. The molecule has 0 radical (unpaired) electrons. The van der Waals surface area contributed by atoms with Crippen LogP contribution in [0.4, 0.5) is 0 Å². The van der Waals surface area contributed by atoms with Gasteiger partial charge < -0.3 is 25.5 Å². The highest BCUT2D eigenvalue weighted by atomic mass is 33.1. The van der Waals surface area contributed by atoms with E-state index < -0.39 is 0 Å². The van der Waals surface area contributed by atoms with Crippen molar-refractivity contribution in [3.63, 3.8) is 0 Å². The van der Waals surface area contributed by atoms with E-state index in [-0.39, 0.29) is 30.5 Å². The third kappa shape index (κ3) is 23.1. The largest absolute Gasteiger partial charge is 0.391 e. The van der Waals surface area contributed by atoms with Crippen molar-refractivity contribution >= 4 is 112 Å². The van der Waals surface area contributed by atoms with Crippen LogP contribution in [0.3, 0.4) is 0 Å². The van der Waals surface area contributed by atoms with Crippen molar-refractivity contribution in [1.82, 2.24) is 0 Å². The number of hydrogen-bond acceptors (Lipinski definition) is 15. The van der Waals surface area contributed by atoms with Crippen molar-refractivity contribution in [3.8, 4) is 0 Å². The normalized spacial score (nSPS) is 27.8. The summed E-state index contributed by atoms with van der Waals surface area (Å²) in [5, 5.41) is 46.3. The zero-order valence-corrected chi connectivity index (χ0v) is 24.7.